The first-order valence-corrected chi connectivity index (χ1v) is 8.71. The molecule has 0 amide bonds. The van der Waals surface area contributed by atoms with Crippen LogP contribution in [0.5, 0.6) is 0 Å². The summed E-state index contributed by atoms with van der Waals surface area (Å²) in [6.45, 7) is 2.55. The zero-order chi connectivity index (χ0) is 17.8. The second kappa shape index (κ2) is 7.72. The van der Waals surface area contributed by atoms with Crippen LogP contribution in [0.15, 0.2) is 54.7 Å². The summed E-state index contributed by atoms with van der Waals surface area (Å²) in [4.78, 5) is 15.1. The van der Waals surface area contributed by atoms with E-state index in [0.717, 1.165) is 16.1 Å². The van der Waals surface area contributed by atoms with Crippen LogP contribution in [0.3, 0.4) is 0 Å². The Morgan fingerprint density at radius 3 is 2.64 bits per heavy atom. The van der Waals surface area contributed by atoms with Gasteiger partial charge in [0.2, 0.25) is 0 Å². The third-order valence-electron chi connectivity index (χ3n) is 4.58. The Morgan fingerprint density at radius 2 is 1.88 bits per heavy atom. The number of carbonyl (C=O) groups excluding carboxylic acids is 1. The van der Waals surface area contributed by atoms with E-state index in [4.69, 9.17) is 16.3 Å². The Kier molecular flexibility index (Phi) is 5.41. The van der Waals surface area contributed by atoms with E-state index in [2.05, 4.69) is 17.1 Å². The van der Waals surface area contributed by atoms with Crippen molar-refractivity contribution < 1.29 is 14.8 Å². The molecule has 0 aliphatic carbocycles. The standard InChI is InChI=1S/C20H21ClN2O2/c1-13(20(24)25-2)22-11-16(14-7-3-5-9-18(14)21)17-12-23-19-10-6-4-8-15(17)19/h3-10,12-13,16,22-23H,11H2,1-2H3/p+1/t13-,16+/m1/s1. The van der Waals surface area contributed by atoms with Crippen molar-refractivity contribution in [2.45, 2.75) is 18.9 Å². The molecular formula is C20H22ClN2O2+. The second-order valence-electron chi connectivity index (χ2n) is 6.15. The predicted octanol–water partition coefficient (Wildman–Crippen LogP) is 3.08. The third kappa shape index (κ3) is 3.70. The number of nitrogens with one attached hydrogen (secondary N) is 1. The van der Waals surface area contributed by atoms with Crippen molar-refractivity contribution in [3.05, 3.63) is 70.9 Å². The lowest BCUT2D eigenvalue weighted by molar-refractivity contribution is -0.676. The maximum absolute atomic E-state index is 11.7. The van der Waals surface area contributed by atoms with Gasteiger partial charge in [0, 0.05) is 22.1 Å². The van der Waals surface area contributed by atoms with Crippen LogP contribution in [0.4, 0.5) is 0 Å². The number of fused-ring (bicyclic) bond motifs is 1. The minimum Gasteiger partial charge on any atom is -0.465 e. The highest BCUT2D eigenvalue weighted by atomic mass is 35.5. The average molecular weight is 358 g/mol. The van der Waals surface area contributed by atoms with Crippen LogP contribution < -0.4 is 5.32 Å². The predicted molar refractivity (Wildman–Crippen MR) is 99.9 cm³/mol. The van der Waals surface area contributed by atoms with Gasteiger partial charge in [-0.1, -0.05) is 48.0 Å². The van der Waals surface area contributed by atoms with Gasteiger partial charge in [-0.05, 0) is 30.2 Å². The lowest BCUT2D eigenvalue weighted by atomic mass is 9.90. The molecule has 0 spiro atoms. The van der Waals surface area contributed by atoms with Crippen LogP contribution in [-0.4, -0.2) is 30.6 Å². The summed E-state index contributed by atoms with van der Waals surface area (Å²) in [5.74, 6) is -0.159. The molecule has 3 N–H and O–H groups in total. The van der Waals surface area contributed by atoms with Crippen molar-refractivity contribution in [2.24, 2.45) is 0 Å². The van der Waals surface area contributed by atoms with Gasteiger partial charge < -0.3 is 15.0 Å². The molecule has 1 heterocycles. The number of para-hydroxylation sites is 1. The number of H-pyrrole nitrogens is 1. The van der Waals surface area contributed by atoms with Gasteiger partial charge in [-0.25, -0.2) is 4.79 Å². The Labute approximate surface area is 152 Å². The minimum atomic E-state index is -0.264. The highest BCUT2D eigenvalue weighted by Gasteiger charge is 2.25. The number of hydrogen-bond acceptors (Lipinski definition) is 2. The molecule has 25 heavy (non-hydrogen) atoms. The zero-order valence-electron chi connectivity index (χ0n) is 14.3. The number of benzene rings is 2. The summed E-state index contributed by atoms with van der Waals surface area (Å²) in [5.41, 5.74) is 3.33. The number of methoxy groups -OCH3 is 1. The fraction of sp³-hybridized carbons (Fsp3) is 0.250. The number of halogens is 1. The van der Waals surface area contributed by atoms with E-state index < -0.39 is 0 Å². The molecule has 0 unspecified atom stereocenters. The summed E-state index contributed by atoms with van der Waals surface area (Å²) in [7, 11) is 1.41. The lowest BCUT2D eigenvalue weighted by Crippen LogP contribution is -2.92. The molecule has 0 saturated heterocycles. The highest BCUT2D eigenvalue weighted by molar-refractivity contribution is 6.31. The van der Waals surface area contributed by atoms with Crippen LogP contribution in [0.2, 0.25) is 5.02 Å². The third-order valence-corrected chi connectivity index (χ3v) is 4.92. The largest absolute Gasteiger partial charge is 0.465 e. The van der Waals surface area contributed by atoms with Gasteiger partial charge in [0.05, 0.1) is 19.6 Å². The topological polar surface area (TPSA) is 58.7 Å². The molecule has 0 saturated carbocycles. The van der Waals surface area contributed by atoms with E-state index in [0.29, 0.717) is 6.54 Å². The number of quaternary nitrogens is 1. The Balaban J connectivity index is 1.98. The summed E-state index contributed by atoms with van der Waals surface area (Å²) in [6.07, 6.45) is 2.04. The molecule has 5 heteroatoms. The smallest absolute Gasteiger partial charge is 0.364 e. The molecule has 2 atom stereocenters. The number of aromatic amines is 1. The normalized spacial score (nSPS) is 13.6. The number of aromatic nitrogens is 1. The molecule has 1 aromatic heterocycles. The van der Waals surface area contributed by atoms with Gasteiger partial charge in [0.1, 0.15) is 0 Å². The minimum absolute atomic E-state index is 0.0666. The summed E-state index contributed by atoms with van der Waals surface area (Å²) in [5, 5.41) is 3.91. The van der Waals surface area contributed by atoms with Gasteiger partial charge >= 0.3 is 5.97 Å². The Hall–Kier alpha value is -2.30. The lowest BCUT2D eigenvalue weighted by Gasteiger charge is -2.19. The number of esters is 1. The van der Waals surface area contributed by atoms with Crippen LogP contribution in [0.25, 0.3) is 10.9 Å². The molecule has 4 nitrogen and oxygen atoms in total. The molecule has 0 radical (unpaired) electrons. The fourth-order valence-electron chi connectivity index (χ4n) is 3.18. The van der Waals surface area contributed by atoms with Crippen molar-refractivity contribution in [2.75, 3.05) is 13.7 Å². The number of nitrogens with two attached hydrogens (primary N) is 1. The molecule has 3 aromatic rings. The van der Waals surface area contributed by atoms with Crippen molar-refractivity contribution in [3.63, 3.8) is 0 Å². The maximum Gasteiger partial charge on any atom is 0.364 e. The first-order chi connectivity index (χ1) is 12.1. The molecular weight excluding hydrogens is 336 g/mol. The SMILES string of the molecule is COC(=O)[C@@H](C)[NH2+]C[C@@H](c1ccccc1Cl)c1c[nH]c2ccccc12. The molecule has 130 valence electrons. The number of rotatable bonds is 6. The summed E-state index contributed by atoms with van der Waals surface area (Å²) >= 11 is 6.48. The number of ether oxygens (including phenoxy) is 1. The quantitative estimate of drug-likeness (QED) is 0.666. The van der Waals surface area contributed by atoms with E-state index in [1.54, 1.807) is 0 Å². The van der Waals surface area contributed by atoms with E-state index in [1.807, 2.05) is 54.8 Å². The van der Waals surface area contributed by atoms with E-state index in [1.165, 1.54) is 18.1 Å². The van der Waals surface area contributed by atoms with Crippen LogP contribution in [0, 0.1) is 0 Å². The monoisotopic (exact) mass is 357 g/mol. The molecule has 0 aliphatic heterocycles. The summed E-state index contributed by atoms with van der Waals surface area (Å²) < 4.78 is 4.83. The van der Waals surface area contributed by atoms with Gasteiger partial charge in [-0.15, -0.1) is 0 Å². The van der Waals surface area contributed by atoms with E-state index in [-0.39, 0.29) is 17.9 Å². The molecule has 0 bridgehead atoms. The Morgan fingerprint density at radius 1 is 1.16 bits per heavy atom. The van der Waals surface area contributed by atoms with Crippen molar-refractivity contribution in [1.82, 2.24) is 4.98 Å². The number of hydrogen-bond donors (Lipinski definition) is 2. The first kappa shape index (κ1) is 17.5. The first-order valence-electron chi connectivity index (χ1n) is 8.33. The highest BCUT2D eigenvalue weighted by Crippen LogP contribution is 2.33. The summed E-state index contributed by atoms with van der Waals surface area (Å²) in [6, 6.07) is 15.8. The Bertz CT molecular complexity index is 875. The molecule has 2 aromatic carbocycles. The van der Waals surface area contributed by atoms with Crippen molar-refractivity contribution >= 4 is 28.5 Å². The zero-order valence-corrected chi connectivity index (χ0v) is 15.1. The fourth-order valence-corrected chi connectivity index (χ4v) is 3.45. The van der Waals surface area contributed by atoms with Gasteiger partial charge in [-0.3, -0.25) is 0 Å². The van der Waals surface area contributed by atoms with Gasteiger partial charge in [0.15, 0.2) is 6.04 Å². The van der Waals surface area contributed by atoms with Crippen molar-refractivity contribution in [1.29, 1.82) is 0 Å². The molecule has 0 fully saturated rings. The van der Waals surface area contributed by atoms with E-state index >= 15 is 0 Å². The second-order valence-corrected chi connectivity index (χ2v) is 6.55. The van der Waals surface area contributed by atoms with Gasteiger partial charge in [0.25, 0.3) is 0 Å². The van der Waals surface area contributed by atoms with Crippen LogP contribution in [0.1, 0.15) is 24.0 Å². The molecule has 0 aliphatic rings. The average Bonchev–Trinajstić information content (AvgIpc) is 3.06. The van der Waals surface area contributed by atoms with E-state index in [9.17, 15) is 4.79 Å². The number of carbonyl (C=O) groups is 1. The maximum atomic E-state index is 11.7. The van der Waals surface area contributed by atoms with Crippen LogP contribution >= 0.6 is 11.6 Å². The van der Waals surface area contributed by atoms with Gasteiger partial charge in [-0.2, -0.15) is 0 Å². The molecule has 3 rings (SSSR count). The van der Waals surface area contributed by atoms with Crippen LogP contribution in [-0.2, 0) is 9.53 Å². The van der Waals surface area contributed by atoms with Crippen molar-refractivity contribution in [3.8, 4) is 0 Å².